The first-order valence-corrected chi connectivity index (χ1v) is 17.2. The number of rotatable bonds is 12. The Kier molecular flexibility index (Phi) is 10.5. The Morgan fingerprint density at radius 3 is 2.43 bits per heavy atom. The second-order valence-electron chi connectivity index (χ2n) is 12.6. The number of aliphatic carboxylic acids is 1. The van der Waals surface area contributed by atoms with Gasteiger partial charge in [-0.15, -0.1) is 11.8 Å². The van der Waals surface area contributed by atoms with E-state index in [1.165, 1.54) is 32.1 Å². The molecule has 0 radical (unpaired) electrons. The summed E-state index contributed by atoms with van der Waals surface area (Å²) >= 11 is 1.68. The van der Waals surface area contributed by atoms with E-state index in [4.69, 9.17) is 9.47 Å². The minimum Gasteiger partial charge on any atom is -0.491 e. The zero-order chi connectivity index (χ0) is 31.1. The number of para-hydroxylation sites is 1. The van der Waals surface area contributed by atoms with Crippen molar-refractivity contribution in [2.45, 2.75) is 83.3 Å². The molecule has 0 aliphatic heterocycles. The third-order valence-corrected chi connectivity index (χ3v) is 9.59. The first-order chi connectivity index (χ1) is 21.3. The standard InChI is InChI=1S/C38H45NO4S/c1-27(2)43-33-17-11-12-29(22-33)26-42-35-24-34(36(44-4)23-31(35)18-19-38(20-21-38)37(40)41)39(32-15-9-6-10-16-32)25-28(3)30-13-7-5-8-14-30/h6,9-12,15-17,22-24,27-28,30H,5,7-8,13-14,20-21,25-26H2,1-4H3,(H,40,41)/t28-/m0/s1. The molecule has 0 amide bonds. The summed E-state index contributed by atoms with van der Waals surface area (Å²) in [6.45, 7) is 7.68. The van der Waals surface area contributed by atoms with Crippen LogP contribution in [0.3, 0.4) is 0 Å². The van der Waals surface area contributed by atoms with Gasteiger partial charge in [0.05, 0.1) is 17.4 Å². The first-order valence-electron chi connectivity index (χ1n) is 16.0. The van der Waals surface area contributed by atoms with Gasteiger partial charge in [-0.25, -0.2) is 0 Å². The Bertz CT molecular complexity index is 1480. The van der Waals surface area contributed by atoms with Crippen LogP contribution in [0.15, 0.2) is 71.6 Å². The highest BCUT2D eigenvalue weighted by Gasteiger charge is 2.49. The summed E-state index contributed by atoms with van der Waals surface area (Å²) in [5.41, 5.74) is 3.00. The lowest BCUT2D eigenvalue weighted by molar-refractivity contribution is -0.141. The van der Waals surface area contributed by atoms with Gasteiger partial charge in [-0.1, -0.05) is 81.2 Å². The molecule has 0 heterocycles. The van der Waals surface area contributed by atoms with Gasteiger partial charge in [-0.2, -0.15) is 0 Å². The Balaban J connectivity index is 1.53. The van der Waals surface area contributed by atoms with Crippen molar-refractivity contribution < 1.29 is 19.4 Å². The van der Waals surface area contributed by atoms with Crippen LogP contribution in [-0.2, 0) is 11.4 Å². The molecule has 1 N–H and O–H groups in total. The summed E-state index contributed by atoms with van der Waals surface area (Å²) in [5, 5.41) is 9.77. The maximum absolute atomic E-state index is 11.9. The fraction of sp³-hybridized carbons (Fsp3) is 0.447. The van der Waals surface area contributed by atoms with Crippen molar-refractivity contribution in [2.75, 3.05) is 17.7 Å². The van der Waals surface area contributed by atoms with E-state index in [-0.39, 0.29) is 6.10 Å². The molecule has 3 aromatic rings. The molecule has 0 unspecified atom stereocenters. The molecule has 3 aromatic carbocycles. The van der Waals surface area contributed by atoms with E-state index in [0.29, 0.717) is 36.7 Å². The summed E-state index contributed by atoms with van der Waals surface area (Å²) in [4.78, 5) is 15.4. The third-order valence-electron chi connectivity index (χ3n) is 8.83. The Labute approximate surface area is 267 Å². The number of hydrogen-bond acceptors (Lipinski definition) is 5. The molecule has 0 bridgehead atoms. The van der Waals surface area contributed by atoms with Crippen molar-refractivity contribution in [3.63, 3.8) is 0 Å². The van der Waals surface area contributed by atoms with E-state index in [1.54, 1.807) is 11.8 Å². The van der Waals surface area contributed by atoms with Crippen LogP contribution in [0.25, 0.3) is 0 Å². The van der Waals surface area contributed by atoms with E-state index >= 15 is 0 Å². The summed E-state index contributed by atoms with van der Waals surface area (Å²) in [6, 6.07) is 22.8. The number of benzene rings is 3. The van der Waals surface area contributed by atoms with Crippen molar-refractivity contribution in [3.05, 3.63) is 77.9 Å². The van der Waals surface area contributed by atoms with Crippen LogP contribution in [-0.4, -0.2) is 30.0 Å². The quantitative estimate of drug-likeness (QED) is 0.163. The van der Waals surface area contributed by atoms with E-state index in [9.17, 15) is 9.90 Å². The molecule has 2 aliphatic carbocycles. The van der Waals surface area contributed by atoms with Gasteiger partial charge in [-0.05, 0) is 80.7 Å². The predicted molar refractivity (Wildman–Crippen MR) is 180 cm³/mol. The van der Waals surface area contributed by atoms with Crippen molar-refractivity contribution in [1.29, 1.82) is 0 Å². The Hall–Kier alpha value is -3.56. The SMILES string of the molecule is CSc1cc(C#CC2(C(=O)O)CC2)c(OCc2cccc(OC(C)C)c2)cc1N(C[C@H](C)C1CCCCC1)c1ccccc1. The first kappa shape index (κ1) is 31.9. The number of anilines is 2. The zero-order valence-corrected chi connectivity index (χ0v) is 27.3. The van der Waals surface area contributed by atoms with Gasteiger partial charge >= 0.3 is 5.97 Å². The van der Waals surface area contributed by atoms with Gasteiger partial charge in [0.25, 0.3) is 0 Å². The lowest BCUT2D eigenvalue weighted by atomic mass is 9.80. The van der Waals surface area contributed by atoms with E-state index in [0.717, 1.165) is 40.0 Å². The normalized spacial score (nSPS) is 16.5. The molecule has 6 heteroatoms. The van der Waals surface area contributed by atoms with Crippen LogP contribution in [0.2, 0.25) is 0 Å². The number of nitrogens with zero attached hydrogens (tertiary/aromatic N) is 1. The number of hydrogen-bond donors (Lipinski definition) is 1. The molecule has 2 fully saturated rings. The number of carboxylic acid groups (broad SMARTS) is 1. The number of carboxylic acids is 1. The molecule has 0 saturated heterocycles. The van der Waals surface area contributed by atoms with E-state index in [1.807, 2.05) is 38.1 Å². The number of ether oxygens (including phenoxy) is 2. The molecule has 0 aromatic heterocycles. The van der Waals surface area contributed by atoms with Crippen molar-refractivity contribution in [2.24, 2.45) is 17.3 Å². The van der Waals surface area contributed by atoms with Crippen LogP contribution in [0.5, 0.6) is 11.5 Å². The second kappa shape index (κ2) is 14.5. The molecular formula is C38H45NO4S. The van der Waals surface area contributed by atoms with E-state index < -0.39 is 11.4 Å². The van der Waals surface area contributed by atoms with Gasteiger partial charge in [0.15, 0.2) is 0 Å². The summed E-state index contributed by atoms with van der Waals surface area (Å²) < 4.78 is 12.4. The monoisotopic (exact) mass is 611 g/mol. The smallest absolute Gasteiger partial charge is 0.321 e. The van der Waals surface area contributed by atoms with Crippen LogP contribution in [0.4, 0.5) is 11.4 Å². The molecular weight excluding hydrogens is 566 g/mol. The van der Waals surface area contributed by atoms with Gasteiger partial charge in [0.1, 0.15) is 23.5 Å². The highest BCUT2D eigenvalue weighted by Crippen LogP contribution is 2.46. The van der Waals surface area contributed by atoms with Crippen LogP contribution >= 0.6 is 11.8 Å². The topological polar surface area (TPSA) is 59.0 Å². The van der Waals surface area contributed by atoms with Crippen molar-refractivity contribution in [1.82, 2.24) is 0 Å². The summed E-state index contributed by atoms with van der Waals surface area (Å²) in [5.74, 6) is 8.20. The second-order valence-corrected chi connectivity index (χ2v) is 13.4. The van der Waals surface area contributed by atoms with Crippen LogP contribution in [0.1, 0.15) is 76.8 Å². The maximum Gasteiger partial charge on any atom is 0.321 e. The van der Waals surface area contributed by atoms with E-state index in [2.05, 4.69) is 72.4 Å². The van der Waals surface area contributed by atoms with Crippen LogP contribution < -0.4 is 14.4 Å². The van der Waals surface area contributed by atoms with Gasteiger partial charge < -0.3 is 19.5 Å². The van der Waals surface area contributed by atoms with Gasteiger partial charge in [-0.3, -0.25) is 4.79 Å². The molecule has 0 spiro atoms. The lowest BCUT2D eigenvalue weighted by Gasteiger charge is -2.34. The minimum absolute atomic E-state index is 0.0821. The lowest BCUT2D eigenvalue weighted by Crippen LogP contribution is -2.29. The summed E-state index contributed by atoms with van der Waals surface area (Å²) in [7, 11) is 0. The highest BCUT2D eigenvalue weighted by atomic mass is 32.2. The highest BCUT2D eigenvalue weighted by molar-refractivity contribution is 7.98. The molecule has 2 aliphatic rings. The molecule has 232 valence electrons. The predicted octanol–water partition coefficient (Wildman–Crippen LogP) is 9.35. The Morgan fingerprint density at radius 2 is 1.77 bits per heavy atom. The molecule has 44 heavy (non-hydrogen) atoms. The van der Waals surface area contributed by atoms with Crippen LogP contribution in [0, 0.1) is 29.1 Å². The molecule has 2 saturated carbocycles. The van der Waals surface area contributed by atoms with Gasteiger partial charge in [0.2, 0.25) is 0 Å². The fourth-order valence-corrected chi connectivity index (χ4v) is 6.69. The Morgan fingerprint density at radius 1 is 1.02 bits per heavy atom. The average molecular weight is 612 g/mol. The summed E-state index contributed by atoms with van der Waals surface area (Å²) in [6.07, 6.45) is 9.93. The third kappa shape index (κ3) is 7.93. The van der Waals surface area contributed by atoms with Crippen molar-refractivity contribution in [3.8, 4) is 23.3 Å². The molecule has 5 rings (SSSR count). The fourth-order valence-electron chi connectivity index (χ4n) is 6.08. The molecule has 1 atom stereocenters. The largest absolute Gasteiger partial charge is 0.491 e. The average Bonchev–Trinajstić information content (AvgIpc) is 3.84. The minimum atomic E-state index is -0.941. The maximum atomic E-state index is 11.9. The van der Waals surface area contributed by atoms with Crippen molar-refractivity contribution >= 4 is 29.1 Å². The number of thioether (sulfide) groups is 1. The zero-order valence-electron chi connectivity index (χ0n) is 26.5. The molecule has 5 nitrogen and oxygen atoms in total. The van der Waals surface area contributed by atoms with Gasteiger partial charge in [0, 0.05) is 23.2 Å². The number of carbonyl (C=O) groups is 1.